The first kappa shape index (κ1) is 34.7. The van der Waals surface area contributed by atoms with E-state index in [0.29, 0.717) is 37.9 Å². The predicted octanol–water partition coefficient (Wildman–Crippen LogP) is 3.10. The van der Waals surface area contributed by atoms with E-state index in [-0.39, 0.29) is 85.2 Å². The van der Waals surface area contributed by atoms with Gasteiger partial charge in [0, 0.05) is 50.0 Å². The average molecular weight is 729 g/mol. The quantitative estimate of drug-likeness (QED) is 0.338. The SMILES string of the molecule is CC1(C)C2CCC1(CS(=O)(=O)N1CCC[C@]1(O[C@]1(C(=O)O)CCCN1S(=O)(=O)C[C@]13CCC([C@H]4CCO[C@H]41)C3(C)C)C(=O)O)[C@H]1OCC[C@@H]21. The van der Waals surface area contributed by atoms with Crippen molar-refractivity contribution in [2.75, 3.05) is 37.8 Å². The number of fused-ring (bicyclic) bond motifs is 10. The number of carboxylic acid groups (broad SMARTS) is 2. The second-order valence-corrected chi connectivity index (χ2v) is 21.5. The molecule has 4 saturated heterocycles. The van der Waals surface area contributed by atoms with Crippen molar-refractivity contribution < 1.29 is 50.8 Å². The molecule has 0 aromatic carbocycles. The fraction of sp³-hybridized carbons (Fsp3) is 0.941. The van der Waals surface area contributed by atoms with E-state index in [4.69, 9.17) is 14.2 Å². The molecule has 4 aliphatic heterocycles. The largest absolute Gasteiger partial charge is 0.478 e. The van der Waals surface area contributed by atoms with Crippen molar-refractivity contribution in [2.45, 2.75) is 116 Å². The van der Waals surface area contributed by atoms with Gasteiger partial charge in [-0.25, -0.2) is 26.4 Å². The first-order valence-corrected chi connectivity index (χ1v) is 21.5. The molecule has 49 heavy (non-hydrogen) atoms. The number of rotatable bonds is 10. The number of ether oxygens (including phenoxy) is 3. The topological polar surface area (TPSA) is 177 Å². The second-order valence-electron chi connectivity index (χ2n) is 17.7. The molecular weight excluding hydrogens is 677 g/mol. The Morgan fingerprint density at radius 1 is 0.673 bits per heavy atom. The minimum absolute atomic E-state index is 0.120. The van der Waals surface area contributed by atoms with Gasteiger partial charge < -0.3 is 24.4 Å². The number of sulfonamides is 2. The van der Waals surface area contributed by atoms with Gasteiger partial charge in [0.1, 0.15) is 0 Å². The molecule has 10 atom stereocenters. The predicted molar refractivity (Wildman–Crippen MR) is 175 cm³/mol. The molecule has 8 rings (SSSR count). The van der Waals surface area contributed by atoms with E-state index < -0.39 is 54.3 Å². The number of carbonyl (C=O) groups is 2. The minimum atomic E-state index is -4.38. The van der Waals surface area contributed by atoms with Crippen LogP contribution in [0, 0.1) is 45.3 Å². The lowest BCUT2D eigenvalue weighted by Crippen LogP contribution is -2.66. The van der Waals surface area contributed by atoms with Crippen LogP contribution in [0.1, 0.15) is 91.9 Å². The summed E-state index contributed by atoms with van der Waals surface area (Å²) in [7, 11) is -8.76. The summed E-state index contributed by atoms with van der Waals surface area (Å²) in [6.07, 6.45) is 3.87. The number of aliphatic carboxylic acids is 2. The van der Waals surface area contributed by atoms with E-state index in [0.717, 1.165) is 34.3 Å². The molecule has 0 spiro atoms. The smallest absolute Gasteiger partial charge is 0.352 e. The Labute approximate surface area is 289 Å². The van der Waals surface area contributed by atoms with E-state index in [1.165, 1.54) is 0 Å². The summed E-state index contributed by atoms with van der Waals surface area (Å²) in [4.78, 5) is 26.7. The molecule has 4 saturated carbocycles. The summed E-state index contributed by atoms with van der Waals surface area (Å²) in [5.74, 6) is -2.88. The van der Waals surface area contributed by atoms with Crippen molar-refractivity contribution in [3.05, 3.63) is 0 Å². The molecule has 0 amide bonds. The van der Waals surface area contributed by atoms with Crippen molar-refractivity contribution in [1.29, 1.82) is 0 Å². The third-order valence-electron chi connectivity index (χ3n) is 15.7. The minimum Gasteiger partial charge on any atom is -0.478 e. The fourth-order valence-electron chi connectivity index (χ4n) is 13.4. The van der Waals surface area contributed by atoms with Gasteiger partial charge in [0.05, 0.1) is 23.7 Å². The highest BCUT2D eigenvalue weighted by Crippen LogP contribution is 2.72. The molecule has 15 heteroatoms. The van der Waals surface area contributed by atoms with Gasteiger partial charge in [-0.3, -0.25) is 0 Å². The Kier molecular flexibility index (Phi) is 7.52. The lowest BCUT2D eigenvalue weighted by molar-refractivity contribution is -0.238. The van der Waals surface area contributed by atoms with E-state index in [2.05, 4.69) is 27.7 Å². The zero-order valence-corrected chi connectivity index (χ0v) is 30.7. The molecule has 2 N–H and O–H groups in total. The average Bonchev–Trinajstić information content (AvgIpc) is 3.85. The highest BCUT2D eigenvalue weighted by Gasteiger charge is 2.74. The van der Waals surface area contributed by atoms with E-state index in [9.17, 15) is 36.6 Å². The first-order valence-electron chi connectivity index (χ1n) is 18.2. The number of nitrogens with zero attached hydrogens (tertiary/aromatic N) is 2. The maximum Gasteiger partial charge on any atom is 0.352 e. The molecule has 276 valence electrons. The lowest BCUT2D eigenvalue weighted by atomic mass is 9.69. The van der Waals surface area contributed by atoms with E-state index in [1.54, 1.807) is 0 Å². The molecule has 4 bridgehead atoms. The van der Waals surface area contributed by atoms with Crippen LogP contribution in [0.2, 0.25) is 0 Å². The molecular formula is C34H52N2O11S2. The monoisotopic (exact) mass is 728 g/mol. The second kappa shape index (κ2) is 10.6. The van der Waals surface area contributed by atoms with Crippen LogP contribution in [0.25, 0.3) is 0 Å². The molecule has 0 radical (unpaired) electrons. The molecule has 0 aromatic heterocycles. The molecule has 3 unspecified atom stereocenters. The van der Waals surface area contributed by atoms with Gasteiger partial charge in [-0.1, -0.05) is 27.7 Å². The van der Waals surface area contributed by atoms with Crippen LogP contribution in [0.4, 0.5) is 0 Å². The Morgan fingerprint density at radius 3 is 1.43 bits per heavy atom. The van der Waals surface area contributed by atoms with Crippen molar-refractivity contribution >= 4 is 32.0 Å². The van der Waals surface area contributed by atoms with Crippen LogP contribution in [0.3, 0.4) is 0 Å². The van der Waals surface area contributed by atoms with Gasteiger partial charge >= 0.3 is 11.9 Å². The zero-order valence-electron chi connectivity index (χ0n) is 29.1. The molecule has 4 heterocycles. The maximum atomic E-state index is 14.6. The molecule has 8 fully saturated rings. The highest BCUT2D eigenvalue weighted by molar-refractivity contribution is 7.89. The van der Waals surface area contributed by atoms with Crippen molar-refractivity contribution in [1.82, 2.24) is 8.61 Å². The van der Waals surface area contributed by atoms with Gasteiger partial charge in [-0.05, 0) is 85.9 Å². The standard InChI is InChI=1S/C34H52N2O11S2/c1-29(2)23-7-13-31(29,25-21(23)9-17-45-25)19-48(41,42)35-15-5-11-33(35,27(37)38)47-34(28(39)40)12-6-16-36(34)49(43,44)20-32-14-8-24(30(32,3)4)22-10-18-46-26(22)32/h21-26H,5-20H2,1-4H3,(H,37,38)(H,39,40)/t21-,22+,23?,24?,25-,26+,31-,32?,33+,34+/m1/s1. The van der Waals surface area contributed by atoms with Gasteiger partial charge in [0.2, 0.25) is 31.5 Å². The van der Waals surface area contributed by atoms with Crippen molar-refractivity contribution in [2.24, 2.45) is 45.3 Å². The van der Waals surface area contributed by atoms with Gasteiger partial charge in [-0.2, -0.15) is 8.61 Å². The van der Waals surface area contributed by atoms with Crippen LogP contribution >= 0.6 is 0 Å². The van der Waals surface area contributed by atoms with Crippen molar-refractivity contribution in [3.63, 3.8) is 0 Å². The number of carboxylic acids is 2. The van der Waals surface area contributed by atoms with Crippen LogP contribution in [0.15, 0.2) is 0 Å². The zero-order chi connectivity index (χ0) is 35.2. The molecule has 0 aromatic rings. The highest BCUT2D eigenvalue weighted by atomic mass is 32.2. The van der Waals surface area contributed by atoms with Crippen LogP contribution in [0.5, 0.6) is 0 Å². The fourth-order valence-corrected chi connectivity index (χ4v) is 18.5. The normalized spacial score (nSPS) is 46.9. The number of hydrogen-bond acceptors (Lipinski definition) is 9. The van der Waals surface area contributed by atoms with Crippen LogP contribution < -0.4 is 0 Å². The maximum absolute atomic E-state index is 14.6. The van der Waals surface area contributed by atoms with E-state index in [1.807, 2.05) is 0 Å². The van der Waals surface area contributed by atoms with Gasteiger partial charge in [-0.15, -0.1) is 0 Å². The van der Waals surface area contributed by atoms with E-state index >= 15 is 0 Å². The summed E-state index contributed by atoms with van der Waals surface area (Å²) in [5, 5.41) is 21.7. The Morgan fingerprint density at radius 2 is 1.06 bits per heavy atom. The summed E-state index contributed by atoms with van der Waals surface area (Å²) in [5.41, 5.74) is -7.38. The summed E-state index contributed by atoms with van der Waals surface area (Å²) in [6.45, 7) is 9.12. The lowest BCUT2D eigenvalue weighted by Gasteiger charge is -2.46. The van der Waals surface area contributed by atoms with Gasteiger partial charge in [0.25, 0.3) is 0 Å². The summed E-state index contributed by atoms with van der Waals surface area (Å²) in [6, 6.07) is 0. The molecule has 4 aliphatic carbocycles. The van der Waals surface area contributed by atoms with Crippen LogP contribution in [-0.2, 0) is 43.8 Å². The molecule has 13 nitrogen and oxygen atoms in total. The summed E-state index contributed by atoms with van der Waals surface area (Å²) >= 11 is 0. The Balaban J connectivity index is 1.14. The first-order chi connectivity index (χ1) is 22.8. The Hall–Kier alpha value is -1.36. The third-order valence-corrected chi connectivity index (χ3v) is 19.8. The molecule has 8 aliphatic rings. The van der Waals surface area contributed by atoms with Gasteiger partial charge in [0.15, 0.2) is 0 Å². The summed E-state index contributed by atoms with van der Waals surface area (Å²) < 4.78 is 78.8. The van der Waals surface area contributed by atoms with Crippen molar-refractivity contribution in [3.8, 4) is 0 Å². The Bertz CT molecular complexity index is 1550. The van der Waals surface area contributed by atoms with Crippen LogP contribution in [-0.4, -0.2) is 109 Å². The number of hydrogen-bond donors (Lipinski definition) is 2. The third kappa shape index (κ3) is 4.21.